The normalized spacial score (nSPS) is 12.4. The lowest BCUT2D eigenvalue weighted by Gasteiger charge is -2.09. The molecule has 0 spiro atoms. The number of pyridine rings is 1. The molecule has 1 amide bonds. The van der Waals surface area contributed by atoms with Crippen molar-refractivity contribution in [3.63, 3.8) is 0 Å². The Morgan fingerprint density at radius 3 is 2.53 bits per heavy atom. The SMILES string of the molecule is NC(=O)c1ccc(-c2nc(-c3ccc4c(c3)OCO4)c(-c3[nH]ccc4cccc3-4)[nH]2)cc1. The van der Waals surface area contributed by atoms with Gasteiger partial charge in [0, 0.05) is 28.5 Å². The van der Waals surface area contributed by atoms with Gasteiger partial charge in [0.15, 0.2) is 11.5 Å². The third-order valence-electron chi connectivity index (χ3n) is 5.65. The highest BCUT2D eigenvalue weighted by molar-refractivity contribution is 5.93. The molecular weight excluding hydrogens is 404 g/mol. The maximum atomic E-state index is 11.4. The van der Waals surface area contributed by atoms with Crippen LogP contribution in [-0.2, 0) is 0 Å². The van der Waals surface area contributed by atoms with Crippen LogP contribution in [0, 0.1) is 0 Å². The van der Waals surface area contributed by atoms with Gasteiger partial charge in [0.25, 0.3) is 0 Å². The number of nitrogens with two attached hydrogens (primary N) is 1. The zero-order valence-corrected chi connectivity index (χ0v) is 16.9. The highest BCUT2D eigenvalue weighted by Crippen LogP contribution is 2.41. The average Bonchev–Trinajstić information content (AvgIpc) is 3.57. The van der Waals surface area contributed by atoms with Gasteiger partial charge in [-0.25, -0.2) is 4.98 Å². The van der Waals surface area contributed by atoms with E-state index in [1.165, 1.54) is 0 Å². The van der Waals surface area contributed by atoms with E-state index in [2.05, 4.69) is 22.1 Å². The van der Waals surface area contributed by atoms with Crippen molar-refractivity contribution in [3.05, 3.63) is 78.5 Å². The molecule has 3 aliphatic rings. The van der Waals surface area contributed by atoms with Crippen molar-refractivity contribution in [1.82, 2.24) is 15.0 Å². The number of aromatic nitrogens is 3. The van der Waals surface area contributed by atoms with Gasteiger partial charge >= 0.3 is 0 Å². The van der Waals surface area contributed by atoms with Gasteiger partial charge in [-0.05, 0) is 42.0 Å². The lowest BCUT2D eigenvalue weighted by Crippen LogP contribution is -2.10. The number of carbonyl (C=O) groups excluding carboxylic acids is 1. The molecule has 2 aromatic carbocycles. The van der Waals surface area contributed by atoms with E-state index in [0.29, 0.717) is 17.1 Å². The Kier molecular flexibility index (Phi) is 4.01. The molecule has 7 nitrogen and oxygen atoms in total. The second kappa shape index (κ2) is 7.02. The number of H-pyrrole nitrogens is 2. The first kappa shape index (κ1) is 18.3. The van der Waals surface area contributed by atoms with E-state index in [9.17, 15) is 4.79 Å². The van der Waals surface area contributed by atoms with E-state index in [4.69, 9.17) is 20.2 Å². The Morgan fingerprint density at radius 1 is 0.875 bits per heavy atom. The molecule has 3 aromatic rings. The summed E-state index contributed by atoms with van der Waals surface area (Å²) < 4.78 is 11.0. The minimum Gasteiger partial charge on any atom is -0.454 e. The van der Waals surface area contributed by atoms with Crippen LogP contribution in [0.4, 0.5) is 0 Å². The number of nitrogens with zero attached hydrogens (tertiary/aromatic N) is 1. The summed E-state index contributed by atoms with van der Waals surface area (Å²) in [7, 11) is 0. The minimum atomic E-state index is -0.463. The fourth-order valence-electron chi connectivity index (χ4n) is 4.04. The van der Waals surface area contributed by atoms with Crippen molar-refractivity contribution < 1.29 is 14.3 Å². The van der Waals surface area contributed by atoms with Crippen LogP contribution in [0.1, 0.15) is 10.4 Å². The molecule has 3 heterocycles. The van der Waals surface area contributed by atoms with Crippen molar-refractivity contribution >= 4 is 5.91 Å². The fourth-order valence-corrected chi connectivity index (χ4v) is 4.04. The Balaban J connectivity index is 1.54. The molecule has 0 atom stereocenters. The summed E-state index contributed by atoms with van der Waals surface area (Å²) >= 11 is 0. The van der Waals surface area contributed by atoms with Gasteiger partial charge in [-0.3, -0.25) is 4.79 Å². The zero-order chi connectivity index (χ0) is 21.7. The van der Waals surface area contributed by atoms with E-state index >= 15 is 0 Å². The Morgan fingerprint density at radius 2 is 1.69 bits per heavy atom. The molecule has 1 aromatic heterocycles. The maximum absolute atomic E-state index is 11.4. The molecule has 0 bridgehead atoms. The smallest absolute Gasteiger partial charge is 0.248 e. The van der Waals surface area contributed by atoms with E-state index in [0.717, 1.165) is 45.1 Å². The molecular formula is C25H18N4O3. The van der Waals surface area contributed by atoms with E-state index in [1.807, 2.05) is 48.7 Å². The summed E-state index contributed by atoms with van der Waals surface area (Å²) in [5, 5.41) is 0. The Labute approximate surface area is 183 Å². The number of imidazole rings is 1. The van der Waals surface area contributed by atoms with Crippen LogP contribution < -0.4 is 15.2 Å². The minimum absolute atomic E-state index is 0.213. The highest BCUT2D eigenvalue weighted by Gasteiger charge is 2.22. The molecule has 32 heavy (non-hydrogen) atoms. The molecule has 6 rings (SSSR count). The van der Waals surface area contributed by atoms with Gasteiger partial charge < -0.3 is 25.2 Å². The fraction of sp³-hybridized carbons (Fsp3) is 0.0400. The average molecular weight is 422 g/mol. The van der Waals surface area contributed by atoms with Crippen molar-refractivity contribution in [2.24, 2.45) is 5.73 Å². The first-order valence-corrected chi connectivity index (χ1v) is 10.1. The Bertz CT molecular complexity index is 1430. The van der Waals surface area contributed by atoms with E-state index in [-0.39, 0.29) is 6.79 Å². The van der Waals surface area contributed by atoms with Crippen molar-refractivity contribution in [1.29, 1.82) is 0 Å². The molecule has 0 radical (unpaired) electrons. The van der Waals surface area contributed by atoms with Gasteiger partial charge in [0.05, 0.1) is 17.1 Å². The molecule has 2 aliphatic heterocycles. The summed E-state index contributed by atoms with van der Waals surface area (Å²) in [5.74, 6) is 1.63. The van der Waals surface area contributed by atoms with Crippen molar-refractivity contribution in [2.45, 2.75) is 0 Å². The lowest BCUT2D eigenvalue weighted by atomic mass is 10.0. The number of nitrogens with one attached hydrogen (secondary N) is 2. The molecule has 0 unspecified atom stereocenters. The first-order valence-electron chi connectivity index (χ1n) is 10.1. The van der Waals surface area contributed by atoms with Gasteiger partial charge in [-0.1, -0.05) is 30.3 Å². The van der Waals surface area contributed by atoms with Crippen LogP contribution in [0.25, 0.3) is 45.2 Å². The summed E-state index contributed by atoms with van der Waals surface area (Å²) in [6.07, 6.45) is 1.92. The molecule has 4 N–H and O–H groups in total. The second-order valence-electron chi connectivity index (χ2n) is 7.57. The van der Waals surface area contributed by atoms with Gasteiger partial charge in [0.2, 0.25) is 12.7 Å². The summed E-state index contributed by atoms with van der Waals surface area (Å²) in [6, 6.07) is 21.1. The van der Waals surface area contributed by atoms with Crippen LogP contribution in [0.5, 0.6) is 11.5 Å². The number of benzene rings is 2. The van der Waals surface area contributed by atoms with Gasteiger partial charge in [0.1, 0.15) is 5.82 Å². The van der Waals surface area contributed by atoms with Crippen molar-refractivity contribution in [3.8, 4) is 56.7 Å². The number of hydrogen-bond acceptors (Lipinski definition) is 4. The molecule has 7 heteroatoms. The number of rotatable bonds is 4. The van der Waals surface area contributed by atoms with Gasteiger partial charge in [-0.15, -0.1) is 0 Å². The summed E-state index contributed by atoms with van der Waals surface area (Å²) in [5.41, 5.74) is 12.4. The summed E-state index contributed by atoms with van der Waals surface area (Å²) in [6.45, 7) is 0.213. The topological polar surface area (TPSA) is 106 Å². The number of primary amides is 1. The highest BCUT2D eigenvalue weighted by atomic mass is 16.7. The second-order valence-corrected chi connectivity index (χ2v) is 7.57. The predicted octanol–water partition coefficient (Wildman–Crippen LogP) is 4.67. The molecule has 1 aliphatic carbocycles. The third-order valence-corrected chi connectivity index (χ3v) is 5.65. The van der Waals surface area contributed by atoms with E-state index < -0.39 is 5.91 Å². The van der Waals surface area contributed by atoms with Crippen LogP contribution in [0.3, 0.4) is 0 Å². The van der Waals surface area contributed by atoms with Crippen LogP contribution in [-0.4, -0.2) is 27.7 Å². The number of amides is 1. The third kappa shape index (κ3) is 2.91. The zero-order valence-electron chi connectivity index (χ0n) is 16.9. The molecule has 0 saturated heterocycles. The lowest BCUT2D eigenvalue weighted by molar-refractivity contribution is 0.100. The quantitative estimate of drug-likeness (QED) is 0.391. The molecule has 0 saturated carbocycles. The maximum Gasteiger partial charge on any atom is 0.248 e. The van der Waals surface area contributed by atoms with Crippen LogP contribution >= 0.6 is 0 Å². The monoisotopic (exact) mass is 422 g/mol. The number of aromatic amines is 2. The van der Waals surface area contributed by atoms with Crippen LogP contribution in [0.2, 0.25) is 0 Å². The molecule has 156 valence electrons. The summed E-state index contributed by atoms with van der Waals surface area (Å²) in [4.78, 5) is 23.2. The predicted molar refractivity (Wildman–Crippen MR) is 121 cm³/mol. The first-order chi connectivity index (χ1) is 15.7. The van der Waals surface area contributed by atoms with Crippen LogP contribution in [0.15, 0.2) is 72.9 Å². The van der Waals surface area contributed by atoms with E-state index in [1.54, 1.807) is 12.1 Å². The Hall–Kier alpha value is -4.52. The van der Waals surface area contributed by atoms with Gasteiger partial charge in [-0.2, -0.15) is 0 Å². The number of hydrogen-bond donors (Lipinski definition) is 3. The number of fused-ring (bicyclic) bond motifs is 2. The number of ether oxygens (including phenoxy) is 2. The van der Waals surface area contributed by atoms with Crippen molar-refractivity contribution in [2.75, 3.05) is 6.79 Å². The standard InChI is InChI=1S/C25H18N4O3/c26-24(30)15-4-6-16(7-5-15)25-28-21(17-8-9-19-20(12-17)32-13-31-19)23(29-25)22-18-3-1-2-14(18)10-11-27-22/h1-12,27H,13H2,(H2,26,30)(H,28,29). The number of carbonyl (C=O) groups is 1. The largest absolute Gasteiger partial charge is 0.454 e. The molecule has 0 fully saturated rings.